The second-order valence-electron chi connectivity index (χ2n) is 3.69. The number of hydrogen-bond donors (Lipinski definition) is 0. The lowest BCUT2D eigenvalue weighted by Gasteiger charge is -2.19. The van der Waals surface area contributed by atoms with Crippen LogP contribution in [0.4, 0.5) is 4.39 Å². The van der Waals surface area contributed by atoms with Crippen molar-refractivity contribution in [2.75, 3.05) is 13.1 Å². The van der Waals surface area contributed by atoms with Gasteiger partial charge in [-0.15, -0.1) is 0 Å². The third kappa shape index (κ3) is 4.23. The van der Waals surface area contributed by atoms with Crippen LogP contribution in [0.25, 0.3) is 0 Å². The Bertz CT molecular complexity index is 426. The van der Waals surface area contributed by atoms with Crippen LogP contribution in [0.2, 0.25) is 0 Å². The van der Waals surface area contributed by atoms with E-state index in [1.54, 1.807) is 17.0 Å². The van der Waals surface area contributed by atoms with Crippen molar-refractivity contribution in [2.45, 2.75) is 19.8 Å². The largest absolute Gasteiger partial charge is 0.342 e. The summed E-state index contributed by atoms with van der Waals surface area (Å²) in [6.07, 6.45) is 0.500. The molecule has 0 heterocycles. The topological polar surface area (TPSA) is 44.1 Å². The molecule has 0 aliphatic heterocycles. The molecule has 1 amide bonds. The summed E-state index contributed by atoms with van der Waals surface area (Å²) >= 11 is 0. The minimum Gasteiger partial charge on any atom is -0.342 e. The van der Waals surface area contributed by atoms with E-state index < -0.39 is 0 Å². The maximum atomic E-state index is 12.9. The molecule has 0 fully saturated rings. The summed E-state index contributed by atoms with van der Waals surface area (Å²) in [6.45, 7) is 2.86. The van der Waals surface area contributed by atoms with Crippen LogP contribution in [-0.4, -0.2) is 23.9 Å². The first-order chi connectivity index (χ1) is 8.17. The molecule has 0 unspecified atom stereocenters. The van der Waals surface area contributed by atoms with Crippen LogP contribution in [0, 0.1) is 17.1 Å². The molecule has 90 valence electrons. The van der Waals surface area contributed by atoms with Gasteiger partial charge in [-0.3, -0.25) is 4.79 Å². The number of likely N-dealkylation sites (N-methyl/N-ethyl adjacent to an activating group) is 1. The molecular weight excluding hydrogens is 219 g/mol. The predicted octanol–water partition coefficient (Wildman–Crippen LogP) is 2.13. The minimum absolute atomic E-state index is 0.0756. The molecular formula is C13H15FN2O. The number of amides is 1. The number of hydrogen-bond acceptors (Lipinski definition) is 2. The van der Waals surface area contributed by atoms with Crippen LogP contribution in [0.15, 0.2) is 24.3 Å². The Morgan fingerprint density at radius 3 is 2.88 bits per heavy atom. The van der Waals surface area contributed by atoms with E-state index in [9.17, 15) is 9.18 Å². The third-order valence-corrected chi connectivity index (χ3v) is 2.47. The van der Waals surface area contributed by atoms with Gasteiger partial charge in [0.1, 0.15) is 5.82 Å². The van der Waals surface area contributed by atoms with Gasteiger partial charge in [0.25, 0.3) is 0 Å². The molecule has 0 atom stereocenters. The van der Waals surface area contributed by atoms with Gasteiger partial charge in [0.05, 0.1) is 18.9 Å². The molecule has 0 aliphatic rings. The first-order valence-corrected chi connectivity index (χ1v) is 5.56. The van der Waals surface area contributed by atoms with E-state index in [1.807, 2.05) is 13.0 Å². The summed E-state index contributed by atoms with van der Waals surface area (Å²) in [4.78, 5) is 13.5. The molecule has 0 saturated heterocycles. The maximum Gasteiger partial charge on any atom is 0.227 e. The van der Waals surface area contributed by atoms with E-state index in [0.717, 1.165) is 0 Å². The average Bonchev–Trinajstić information content (AvgIpc) is 2.30. The summed E-state index contributed by atoms with van der Waals surface area (Å²) in [5, 5.41) is 8.48. The zero-order valence-electron chi connectivity index (χ0n) is 9.82. The number of halogens is 1. The summed E-state index contributed by atoms with van der Waals surface area (Å²) in [5.41, 5.74) is 0.658. The van der Waals surface area contributed by atoms with E-state index in [2.05, 4.69) is 0 Å². The van der Waals surface area contributed by atoms with E-state index in [0.29, 0.717) is 25.1 Å². The fourth-order valence-corrected chi connectivity index (χ4v) is 1.58. The lowest BCUT2D eigenvalue weighted by molar-refractivity contribution is -0.130. The molecule has 1 rings (SSSR count). The highest BCUT2D eigenvalue weighted by molar-refractivity contribution is 5.78. The van der Waals surface area contributed by atoms with Gasteiger partial charge in [0.2, 0.25) is 5.91 Å². The normalized spacial score (nSPS) is 9.71. The van der Waals surface area contributed by atoms with Crippen molar-refractivity contribution in [3.8, 4) is 6.07 Å². The maximum absolute atomic E-state index is 12.9. The van der Waals surface area contributed by atoms with Crippen molar-refractivity contribution >= 4 is 5.91 Å². The summed E-state index contributed by atoms with van der Waals surface area (Å²) in [5.74, 6) is -0.413. The zero-order chi connectivity index (χ0) is 12.7. The highest BCUT2D eigenvalue weighted by Crippen LogP contribution is 2.06. The number of rotatable bonds is 5. The monoisotopic (exact) mass is 234 g/mol. The quantitative estimate of drug-likeness (QED) is 0.783. The average molecular weight is 234 g/mol. The molecule has 0 N–H and O–H groups in total. The molecule has 4 heteroatoms. The Kier molecular flexibility index (Phi) is 5.15. The lowest BCUT2D eigenvalue weighted by atomic mass is 10.1. The third-order valence-electron chi connectivity index (χ3n) is 2.47. The lowest BCUT2D eigenvalue weighted by Crippen LogP contribution is -2.32. The van der Waals surface area contributed by atoms with Crippen molar-refractivity contribution in [1.82, 2.24) is 4.90 Å². The molecule has 3 nitrogen and oxygen atoms in total. The number of carbonyl (C=O) groups excluding carboxylic acids is 1. The van der Waals surface area contributed by atoms with E-state index in [-0.39, 0.29) is 18.1 Å². The minimum atomic E-state index is -0.338. The molecule has 1 aromatic rings. The second kappa shape index (κ2) is 6.64. The van der Waals surface area contributed by atoms with Crippen molar-refractivity contribution in [3.63, 3.8) is 0 Å². The highest BCUT2D eigenvalue weighted by atomic mass is 19.1. The summed E-state index contributed by atoms with van der Waals surface area (Å²) in [7, 11) is 0. The Labute approximate surface area is 100 Å². The summed E-state index contributed by atoms with van der Waals surface area (Å²) in [6, 6.07) is 8.02. The number of nitrogens with zero attached hydrogens (tertiary/aromatic N) is 2. The Morgan fingerprint density at radius 2 is 2.29 bits per heavy atom. The van der Waals surface area contributed by atoms with Crippen LogP contribution < -0.4 is 0 Å². The molecule has 1 aromatic carbocycles. The second-order valence-corrected chi connectivity index (χ2v) is 3.69. The zero-order valence-corrected chi connectivity index (χ0v) is 9.82. The number of benzene rings is 1. The van der Waals surface area contributed by atoms with Crippen LogP contribution in [-0.2, 0) is 11.2 Å². The fourth-order valence-electron chi connectivity index (χ4n) is 1.58. The fraction of sp³-hybridized carbons (Fsp3) is 0.385. The van der Waals surface area contributed by atoms with Crippen molar-refractivity contribution < 1.29 is 9.18 Å². The van der Waals surface area contributed by atoms with Crippen LogP contribution in [0.1, 0.15) is 18.9 Å². The van der Waals surface area contributed by atoms with Gasteiger partial charge in [0, 0.05) is 13.1 Å². The predicted molar refractivity (Wildman–Crippen MR) is 62.6 cm³/mol. The molecule has 0 saturated carbocycles. The van der Waals surface area contributed by atoms with Crippen LogP contribution in [0.5, 0.6) is 0 Å². The van der Waals surface area contributed by atoms with Gasteiger partial charge in [-0.05, 0) is 24.6 Å². The summed E-state index contributed by atoms with van der Waals surface area (Å²) < 4.78 is 12.9. The van der Waals surface area contributed by atoms with Gasteiger partial charge in [-0.2, -0.15) is 5.26 Å². The van der Waals surface area contributed by atoms with Crippen LogP contribution >= 0.6 is 0 Å². The van der Waals surface area contributed by atoms with Crippen molar-refractivity contribution in [1.29, 1.82) is 5.26 Å². The van der Waals surface area contributed by atoms with E-state index in [1.165, 1.54) is 12.1 Å². The smallest absolute Gasteiger partial charge is 0.227 e. The van der Waals surface area contributed by atoms with Gasteiger partial charge >= 0.3 is 0 Å². The first kappa shape index (κ1) is 13.2. The van der Waals surface area contributed by atoms with Crippen LogP contribution in [0.3, 0.4) is 0 Å². The van der Waals surface area contributed by atoms with E-state index in [4.69, 9.17) is 5.26 Å². The molecule has 0 spiro atoms. The van der Waals surface area contributed by atoms with Gasteiger partial charge in [-0.25, -0.2) is 4.39 Å². The number of carbonyl (C=O) groups is 1. The molecule has 17 heavy (non-hydrogen) atoms. The highest BCUT2D eigenvalue weighted by Gasteiger charge is 2.11. The standard InChI is InChI=1S/C13H15FN2O/c1-2-16(8-4-7-15)13(17)10-11-5-3-6-12(14)9-11/h3,5-6,9H,2,4,8,10H2,1H3. The van der Waals surface area contributed by atoms with Gasteiger partial charge in [-0.1, -0.05) is 12.1 Å². The molecule has 0 aromatic heterocycles. The first-order valence-electron chi connectivity index (χ1n) is 5.56. The Morgan fingerprint density at radius 1 is 1.53 bits per heavy atom. The number of nitriles is 1. The Hall–Kier alpha value is -1.89. The Balaban J connectivity index is 2.61. The van der Waals surface area contributed by atoms with Gasteiger partial charge in [0.15, 0.2) is 0 Å². The molecule has 0 bridgehead atoms. The van der Waals surface area contributed by atoms with Gasteiger partial charge < -0.3 is 4.90 Å². The SMILES string of the molecule is CCN(CCC#N)C(=O)Cc1cccc(F)c1. The van der Waals surface area contributed by atoms with E-state index >= 15 is 0 Å². The molecule has 0 aliphatic carbocycles. The van der Waals surface area contributed by atoms with Crippen molar-refractivity contribution in [2.24, 2.45) is 0 Å². The molecule has 0 radical (unpaired) electrons. The van der Waals surface area contributed by atoms with Crippen molar-refractivity contribution in [3.05, 3.63) is 35.6 Å².